The third kappa shape index (κ3) is 4.36. The molecule has 2 saturated heterocycles. The van der Waals surface area contributed by atoms with Crippen LogP contribution in [0.2, 0.25) is 0 Å². The molecule has 3 aliphatic heterocycles. The van der Waals surface area contributed by atoms with Crippen LogP contribution < -0.4 is 14.4 Å². The summed E-state index contributed by atoms with van der Waals surface area (Å²) in [4.78, 5) is 7.85. The summed E-state index contributed by atoms with van der Waals surface area (Å²) in [5.74, 6) is 1.78. The highest BCUT2D eigenvalue weighted by molar-refractivity contribution is 5.46. The van der Waals surface area contributed by atoms with Crippen molar-refractivity contribution in [2.45, 2.75) is 25.4 Å². The second-order valence-corrected chi connectivity index (χ2v) is 8.37. The van der Waals surface area contributed by atoms with E-state index >= 15 is 0 Å². The number of nitrogens with zero attached hydrogens (tertiary/aromatic N) is 3. The predicted octanol–water partition coefficient (Wildman–Crippen LogP) is 3.24. The number of likely N-dealkylation sites (tertiary alicyclic amines) is 1. The molecule has 2 fully saturated rings. The first kappa shape index (κ1) is 18.8. The SMILES string of the molecule is c1ccc(N2CCN(C3CCCN(Cc4ccc5c(c4)OCCO5)C3)CC2)cc1. The van der Waals surface area contributed by atoms with Crippen LogP contribution in [0.5, 0.6) is 11.5 Å². The van der Waals surface area contributed by atoms with Gasteiger partial charge < -0.3 is 14.4 Å². The fourth-order valence-electron chi connectivity index (χ4n) is 4.90. The number of piperidine rings is 1. The van der Waals surface area contributed by atoms with E-state index in [1.54, 1.807) is 0 Å². The van der Waals surface area contributed by atoms with Crippen molar-refractivity contribution in [1.29, 1.82) is 0 Å². The van der Waals surface area contributed by atoms with E-state index in [9.17, 15) is 0 Å². The number of para-hydroxylation sites is 1. The molecular formula is C24H31N3O2. The average molecular weight is 394 g/mol. The third-order valence-electron chi connectivity index (χ3n) is 6.45. The van der Waals surface area contributed by atoms with Gasteiger partial charge in [0.15, 0.2) is 11.5 Å². The summed E-state index contributed by atoms with van der Waals surface area (Å²) < 4.78 is 11.4. The number of benzene rings is 2. The minimum Gasteiger partial charge on any atom is -0.486 e. The maximum absolute atomic E-state index is 5.76. The lowest BCUT2D eigenvalue weighted by molar-refractivity contribution is 0.0886. The molecule has 0 N–H and O–H groups in total. The number of ether oxygens (including phenoxy) is 2. The lowest BCUT2D eigenvalue weighted by atomic mass is 10.0. The smallest absolute Gasteiger partial charge is 0.161 e. The Kier molecular flexibility index (Phi) is 5.59. The van der Waals surface area contributed by atoms with Gasteiger partial charge in [0.1, 0.15) is 13.2 Å². The molecule has 0 aliphatic carbocycles. The lowest BCUT2D eigenvalue weighted by Gasteiger charge is -2.44. The lowest BCUT2D eigenvalue weighted by Crippen LogP contribution is -2.55. The Bertz CT molecular complexity index is 805. The van der Waals surface area contributed by atoms with Gasteiger partial charge in [0, 0.05) is 51.0 Å². The van der Waals surface area contributed by atoms with Crippen molar-refractivity contribution >= 4 is 5.69 Å². The molecule has 3 heterocycles. The van der Waals surface area contributed by atoms with E-state index in [-0.39, 0.29) is 0 Å². The van der Waals surface area contributed by atoms with Gasteiger partial charge in [0.25, 0.3) is 0 Å². The largest absolute Gasteiger partial charge is 0.486 e. The van der Waals surface area contributed by atoms with Gasteiger partial charge in [-0.1, -0.05) is 24.3 Å². The molecule has 3 aliphatic rings. The summed E-state index contributed by atoms with van der Waals surface area (Å²) in [6.45, 7) is 9.24. The van der Waals surface area contributed by atoms with E-state index in [0.29, 0.717) is 19.3 Å². The van der Waals surface area contributed by atoms with E-state index in [1.165, 1.54) is 37.2 Å². The van der Waals surface area contributed by atoms with Crippen molar-refractivity contribution in [3.05, 3.63) is 54.1 Å². The fraction of sp³-hybridized carbons (Fsp3) is 0.500. The number of piperazine rings is 1. The number of rotatable bonds is 4. The Balaban J connectivity index is 1.16. The van der Waals surface area contributed by atoms with Crippen molar-refractivity contribution in [2.75, 3.05) is 57.4 Å². The molecule has 0 amide bonds. The summed E-state index contributed by atoms with van der Waals surface area (Å²) in [5, 5.41) is 0. The Morgan fingerprint density at radius 2 is 1.62 bits per heavy atom. The molecule has 29 heavy (non-hydrogen) atoms. The second-order valence-electron chi connectivity index (χ2n) is 8.37. The maximum Gasteiger partial charge on any atom is 0.161 e. The van der Waals surface area contributed by atoms with Crippen LogP contribution in [0.15, 0.2) is 48.5 Å². The summed E-state index contributed by atoms with van der Waals surface area (Å²) in [7, 11) is 0. The number of anilines is 1. The summed E-state index contributed by atoms with van der Waals surface area (Å²) in [6, 6.07) is 17.9. The van der Waals surface area contributed by atoms with Gasteiger partial charge >= 0.3 is 0 Å². The van der Waals surface area contributed by atoms with Gasteiger partial charge in [0.2, 0.25) is 0 Å². The van der Waals surface area contributed by atoms with E-state index in [1.807, 2.05) is 0 Å². The molecule has 154 valence electrons. The van der Waals surface area contributed by atoms with Crippen LogP contribution in [0.3, 0.4) is 0 Å². The highest BCUT2D eigenvalue weighted by Crippen LogP contribution is 2.31. The molecular weight excluding hydrogens is 362 g/mol. The van der Waals surface area contributed by atoms with Gasteiger partial charge in [-0.2, -0.15) is 0 Å². The van der Waals surface area contributed by atoms with Crippen molar-refractivity contribution in [2.24, 2.45) is 0 Å². The van der Waals surface area contributed by atoms with E-state index < -0.39 is 0 Å². The highest BCUT2D eigenvalue weighted by atomic mass is 16.6. The molecule has 5 rings (SSSR count). The van der Waals surface area contributed by atoms with E-state index in [2.05, 4.69) is 63.2 Å². The van der Waals surface area contributed by atoms with Crippen LogP contribution in [0.25, 0.3) is 0 Å². The monoisotopic (exact) mass is 393 g/mol. The first-order chi connectivity index (χ1) is 14.3. The molecule has 0 saturated carbocycles. The van der Waals surface area contributed by atoms with Crippen LogP contribution >= 0.6 is 0 Å². The molecule has 0 radical (unpaired) electrons. The zero-order valence-electron chi connectivity index (χ0n) is 17.1. The molecule has 2 aromatic carbocycles. The van der Waals surface area contributed by atoms with Gasteiger partial charge in [-0.3, -0.25) is 9.80 Å². The number of hydrogen-bond acceptors (Lipinski definition) is 5. The Morgan fingerprint density at radius 3 is 2.45 bits per heavy atom. The molecule has 0 bridgehead atoms. The van der Waals surface area contributed by atoms with Crippen LogP contribution in [0.1, 0.15) is 18.4 Å². The molecule has 2 aromatic rings. The molecule has 0 aromatic heterocycles. The van der Waals surface area contributed by atoms with Crippen molar-refractivity contribution < 1.29 is 9.47 Å². The number of hydrogen-bond donors (Lipinski definition) is 0. The van der Waals surface area contributed by atoms with E-state index in [0.717, 1.165) is 44.2 Å². The summed E-state index contributed by atoms with van der Waals surface area (Å²) >= 11 is 0. The maximum atomic E-state index is 5.76. The first-order valence-corrected chi connectivity index (χ1v) is 11.0. The van der Waals surface area contributed by atoms with Crippen molar-refractivity contribution in [3.63, 3.8) is 0 Å². The quantitative estimate of drug-likeness (QED) is 0.795. The Hall–Kier alpha value is -2.24. The molecule has 0 spiro atoms. The van der Waals surface area contributed by atoms with Crippen LogP contribution in [-0.4, -0.2) is 68.3 Å². The van der Waals surface area contributed by atoms with E-state index in [4.69, 9.17) is 9.47 Å². The first-order valence-electron chi connectivity index (χ1n) is 11.0. The van der Waals surface area contributed by atoms with Gasteiger partial charge in [-0.05, 0) is 49.2 Å². The van der Waals surface area contributed by atoms with Gasteiger partial charge in [-0.25, -0.2) is 0 Å². The van der Waals surface area contributed by atoms with Crippen molar-refractivity contribution in [3.8, 4) is 11.5 Å². The normalized spacial score (nSPS) is 23.2. The summed E-state index contributed by atoms with van der Waals surface area (Å²) in [5.41, 5.74) is 2.68. The Morgan fingerprint density at radius 1 is 0.828 bits per heavy atom. The van der Waals surface area contributed by atoms with Gasteiger partial charge in [0.05, 0.1) is 0 Å². The molecule has 1 unspecified atom stereocenters. The zero-order valence-corrected chi connectivity index (χ0v) is 17.1. The van der Waals surface area contributed by atoms with Crippen LogP contribution in [0, 0.1) is 0 Å². The molecule has 1 atom stereocenters. The van der Waals surface area contributed by atoms with Crippen LogP contribution in [-0.2, 0) is 6.54 Å². The van der Waals surface area contributed by atoms with Gasteiger partial charge in [-0.15, -0.1) is 0 Å². The topological polar surface area (TPSA) is 28.2 Å². The second kappa shape index (κ2) is 8.64. The van der Waals surface area contributed by atoms with Crippen molar-refractivity contribution in [1.82, 2.24) is 9.80 Å². The minimum absolute atomic E-state index is 0.650. The average Bonchev–Trinajstić information content (AvgIpc) is 2.80. The molecule has 5 nitrogen and oxygen atoms in total. The predicted molar refractivity (Wildman–Crippen MR) is 116 cm³/mol. The van der Waals surface area contributed by atoms with Crippen LogP contribution in [0.4, 0.5) is 5.69 Å². The molecule has 5 heteroatoms. The third-order valence-corrected chi connectivity index (χ3v) is 6.45. The standard InChI is InChI=1S/C24H31N3O2/c1-2-5-21(6-3-1)26-11-13-27(14-12-26)22-7-4-10-25(19-22)18-20-8-9-23-24(17-20)29-16-15-28-23/h1-3,5-6,8-9,17,22H,4,7,10-16,18-19H2. The highest BCUT2D eigenvalue weighted by Gasteiger charge is 2.28. The number of fused-ring (bicyclic) bond motifs is 1. The zero-order chi connectivity index (χ0) is 19.5. The summed E-state index contributed by atoms with van der Waals surface area (Å²) in [6.07, 6.45) is 2.61. The Labute approximate surface area is 173 Å². The minimum atomic E-state index is 0.650. The fourth-order valence-corrected chi connectivity index (χ4v) is 4.90.